The molecule has 1 aromatic carbocycles. The number of benzene rings is 1. The van der Waals surface area contributed by atoms with E-state index in [-0.39, 0.29) is 17.6 Å². The predicted octanol–water partition coefficient (Wildman–Crippen LogP) is 5.93. The molecular formula is C27H27ClFN3O4. The molecule has 7 nitrogen and oxygen atoms in total. The van der Waals surface area contributed by atoms with Gasteiger partial charge in [-0.25, -0.2) is 14.4 Å². The minimum absolute atomic E-state index is 0.183. The Bertz CT molecular complexity index is 1330. The summed E-state index contributed by atoms with van der Waals surface area (Å²) < 4.78 is 27.2. The molecule has 9 heteroatoms. The van der Waals surface area contributed by atoms with E-state index >= 15 is 4.39 Å². The number of aliphatic carboxylic acids is 1. The monoisotopic (exact) mass is 511 g/mol. The van der Waals surface area contributed by atoms with Crippen LogP contribution in [0.2, 0.25) is 5.02 Å². The molecule has 3 atom stereocenters. The van der Waals surface area contributed by atoms with Gasteiger partial charge in [-0.15, -0.1) is 0 Å². The molecule has 1 saturated carbocycles. The van der Waals surface area contributed by atoms with Crippen LogP contribution in [0.15, 0.2) is 30.6 Å². The number of fused-ring (bicyclic) bond motifs is 1. The number of ether oxygens (including phenoxy) is 2. The molecule has 0 amide bonds. The van der Waals surface area contributed by atoms with Crippen molar-refractivity contribution < 1.29 is 23.8 Å². The van der Waals surface area contributed by atoms with E-state index in [9.17, 15) is 9.90 Å². The summed E-state index contributed by atoms with van der Waals surface area (Å²) in [4.78, 5) is 25.1. The molecule has 2 unspecified atom stereocenters. The molecule has 0 radical (unpaired) electrons. The third-order valence-corrected chi connectivity index (χ3v) is 7.47. The second-order valence-corrected chi connectivity index (χ2v) is 9.93. The molecule has 0 saturated heterocycles. The first-order chi connectivity index (χ1) is 17.3. The zero-order valence-corrected chi connectivity index (χ0v) is 21.1. The van der Waals surface area contributed by atoms with Gasteiger partial charge in [-0.3, -0.25) is 9.78 Å². The lowest BCUT2D eigenvalue weighted by molar-refractivity contribution is -0.142. The highest BCUT2D eigenvalue weighted by Gasteiger charge is 2.41. The number of carbonyl (C=O) groups is 1. The Morgan fingerprint density at radius 2 is 2.03 bits per heavy atom. The van der Waals surface area contributed by atoms with E-state index in [2.05, 4.69) is 15.0 Å². The second kappa shape index (κ2) is 9.65. The topological polar surface area (TPSA) is 94.4 Å². The van der Waals surface area contributed by atoms with E-state index in [1.807, 2.05) is 13.0 Å². The molecule has 1 aliphatic heterocycles. The van der Waals surface area contributed by atoms with Crippen LogP contribution in [0.25, 0.3) is 11.3 Å². The fraction of sp³-hybridized carbons (Fsp3) is 0.407. The molecule has 2 aromatic heterocycles. The summed E-state index contributed by atoms with van der Waals surface area (Å²) in [7, 11) is 1.53. The van der Waals surface area contributed by atoms with E-state index in [4.69, 9.17) is 21.1 Å². The zero-order chi connectivity index (χ0) is 25.6. The highest BCUT2D eigenvalue weighted by Crippen LogP contribution is 2.49. The normalized spacial score (nSPS) is 18.6. The summed E-state index contributed by atoms with van der Waals surface area (Å²) in [5.41, 5.74) is 3.70. The number of carboxylic acid groups (broad SMARTS) is 1. The number of rotatable bonds is 7. The maximum Gasteiger partial charge on any atom is 0.306 e. The van der Waals surface area contributed by atoms with E-state index in [1.54, 1.807) is 25.3 Å². The quantitative estimate of drug-likeness (QED) is 0.420. The fourth-order valence-electron chi connectivity index (χ4n) is 5.08. The molecule has 1 fully saturated rings. The number of halogens is 2. The predicted molar refractivity (Wildman–Crippen MR) is 132 cm³/mol. The molecule has 2 aliphatic rings. The van der Waals surface area contributed by atoms with Crippen molar-refractivity contribution in [3.8, 4) is 22.9 Å². The van der Waals surface area contributed by atoms with E-state index < -0.39 is 23.8 Å². The molecule has 3 heterocycles. The second-order valence-electron chi connectivity index (χ2n) is 9.52. The Morgan fingerprint density at radius 1 is 1.25 bits per heavy atom. The van der Waals surface area contributed by atoms with Crippen molar-refractivity contribution in [3.05, 3.63) is 63.9 Å². The van der Waals surface area contributed by atoms with Crippen molar-refractivity contribution >= 4 is 17.6 Å². The lowest BCUT2D eigenvalue weighted by Crippen LogP contribution is -2.23. The summed E-state index contributed by atoms with van der Waals surface area (Å²) in [5, 5.41) is 10.0. The Morgan fingerprint density at radius 3 is 2.69 bits per heavy atom. The number of hydrogen-bond acceptors (Lipinski definition) is 6. The third-order valence-electron chi connectivity index (χ3n) is 7.17. The number of carboxylic acids is 1. The molecule has 0 bridgehead atoms. The number of nitrogens with zero attached hydrogens (tertiary/aromatic N) is 3. The molecule has 5 rings (SSSR count). The number of hydrogen-bond donors (Lipinski definition) is 1. The lowest BCUT2D eigenvalue weighted by Gasteiger charge is -2.29. The van der Waals surface area contributed by atoms with Crippen molar-refractivity contribution in [1.29, 1.82) is 0 Å². The molecule has 1 aliphatic carbocycles. The molecular weight excluding hydrogens is 485 g/mol. The standard InChI is InChI=1S/C27H27ClFN3O4/c1-13(27(33)34)23(15-4-5-15)17-8-6-16-7-9-21(36-26(16)24(17)29)25-14(2)32-20(12-31-25)18-10-22(35-3)30-11-19(18)28/h6,8,10-13,15,21,23H,4-5,7,9H2,1-3H3,(H,33,34)/t13-,21?,23?/m0/s1. The fourth-order valence-corrected chi connectivity index (χ4v) is 5.28. The minimum atomic E-state index is -0.916. The van der Waals surface area contributed by atoms with E-state index in [0.29, 0.717) is 52.0 Å². The van der Waals surface area contributed by atoms with Crippen LogP contribution in [0.3, 0.4) is 0 Å². The van der Waals surface area contributed by atoms with Crippen molar-refractivity contribution in [2.75, 3.05) is 7.11 Å². The maximum absolute atomic E-state index is 15.8. The zero-order valence-electron chi connectivity index (χ0n) is 20.3. The summed E-state index contributed by atoms with van der Waals surface area (Å²) in [6, 6.07) is 5.31. The van der Waals surface area contributed by atoms with Gasteiger partial charge in [0.15, 0.2) is 11.6 Å². The number of methoxy groups -OCH3 is 1. The lowest BCUT2D eigenvalue weighted by atomic mass is 9.82. The maximum atomic E-state index is 15.8. The Hall–Kier alpha value is -3.26. The van der Waals surface area contributed by atoms with Crippen LogP contribution in [-0.2, 0) is 11.2 Å². The van der Waals surface area contributed by atoms with Gasteiger partial charge in [0.05, 0.1) is 41.8 Å². The SMILES string of the molecule is COc1cc(-c2cnc(C3CCc4ccc(C(C5CC5)[C@H](C)C(=O)O)c(F)c4O3)c(C)n2)c(Cl)cn1. The van der Waals surface area contributed by atoms with E-state index in [1.165, 1.54) is 13.3 Å². The highest BCUT2D eigenvalue weighted by molar-refractivity contribution is 6.33. The van der Waals surface area contributed by atoms with Gasteiger partial charge in [0.1, 0.15) is 11.8 Å². The summed E-state index contributed by atoms with van der Waals surface area (Å²) in [5.74, 6) is -1.64. The van der Waals surface area contributed by atoms with Gasteiger partial charge in [0.25, 0.3) is 0 Å². The van der Waals surface area contributed by atoms with Gasteiger partial charge in [-0.05, 0) is 49.7 Å². The van der Waals surface area contributed by atoms with Crippen LogP contribution >= 0.6 is 11.6 Å². The van der Waals surface area contributed by atoms with Gasteiger partial charge in [0, 0.05) is 17.5 Å². The summed E-state index contributed by atoms with van der Waals surface area (Å²) in [6.07, 6.45) is 5.72. The van der Waals surface area contributed by atoms with Gasteiger partial charge in [-0.2, -0.15) is 0 Å². The molecule has 36 heavy (non-hydrogen) atoms. The first kappa shape index (κ1) is 24.4. The van der Waals surface area contributed by atoms with Crippen LogP contribution in [0.1, 0.15) is 60.7 Å². The van der Waals surface area contributed by atoms with Gasteiger partial charge in [0.2, 0.25) is 5.88 Å². The number of pyridine rings is 1. The van der Waals surface area contributed by atoms with Crippen molar-refractivity contribution in [3.63, 3.8) is 0 Å². The number of aryl methyl sites for hydroxylation is 2. The number of aromatic nitrogens is 3. The van der Waals surface area contributed by atoms with Crippen LogP contribution in [-0.4, -0.2) is 33.1 Å². The van der Waals surface area contributed by atoms with E-state index in [0.717, 1.165) is 18.4 Å². The highest BCUT2D eigenvalue weighted by atomic mass is 35.5. The summed E-state index contributed by atoms with van der Waals surface area (Å²) >= 11 is 6.32. The van der Waals surface area contributed by atoms with Crippen LogP contribution < -0.4 is 9.47 Å². The van der Waals surface area contributed by atoms with Crippen molar-refractivity contribution in [2.45, 2.75) is 51.6 Å². The molecule has 0 spiro atoms. The van der Waals surface area contributed by atoms with Gasteiger partial charge < -0.3 is 14.6 Å². The van der Waals surface area contributed by atoms with Crippen molar-refractivity contribution in [1.82, 2.24) is 15.0 Å². The first-order valence-electron chi connectivity index (χ1n) is 12.0. The first-order valence-corrected chi connectivity index (χ1v) is 12.4. The average Bonchev–Trinajstić information content (AvgIpc) is 3.71. The van der Waals surface area contributed by atoms with Gasteiger partial charge in [-0.1, -0.05) is 30.7 Å². The van der Waals surface area contributed by atoms with Crippen LogP contribution in [0.4, 0.5) is 4.39 Å². The Kier molecular flexibility index (Phi) is 6.55. The summed E-state index contributed by atoms with van der Waals surface area (Å²) in [6.45, 7) is 3.49. The van der Waals surface area contributed by atoms with Gasteiger partial charge >= 0.3 is 5.97 Å². The molecule has 1 N–H and O–H groups in total. The molecule has 188 valence electrons. The Labute approximate surface area is 213 Å². The van der Waals surface area contributed by atoms with Crippen LogP contribution in [0, 0.1) is 24.6 Å². The third kappa shape index (κ3) is 4.50. The Balaban J connectivity index is 1.45. The minimum Gasteiger partial charge on any atom is -0.481 e. The van der Waals surface area contributed by atoms with Crippen molar-refractivity contribution in [2.24, 2.45) is 11.8 Å². The average molecular weight is 512 g/mol. The molecule has 3 aromatic rings. The van der Waals surface area contributed by atoms with Crippen LogP contribution in [0.5, 0.6) is 11.6 Å². The smallest absolute Gasteiger partial charge is 0.306 e. The largest absolute Gasteiger partial charge is 0.481 e.